The summed E-state index contributed by atoms with van der Waals surface area (Å²) in [6, 6.07) is 16.7. The van der Waals surface area contributed by atoms with E-state index in [0.717, 1.165) is 20.4 Å². The van der Waals surface area contributed by atoms with Gasteiger partial charge in [-0.2, -0.15) is 5.10 Å². The molecule has 0 saturated carbocycles. The molecule has 3 aromatic rings. The van der Waals surface area contributed by atoms with Crippen LogP contribution in [0.15, 0.2) is 65.9 Å². The Labute approximate surface area is 188 Å². The summed E-state index contributed by atoms with van der Waals surface area (Å²) in [5.41, 5.74) is 4.41. The van der Waals surface area contributed by atoms with Gasteiger partial charge in [0.1, 0.15) is 12.4 Å². The summed E-state index contributed by atoms with van der Waals surface area (Å²) in [5.74, 6) is 0.876. The van der Waals surface area contributed by atoms with E-state index in [0.29, 0.717) is 6.61 Å². The molecule has 28 heavy (non-hydrogen) atoms. The molecule has 1 N–H and O–H groups in total. The standard InChI is InChI=1S/C19H14I2N4O3/c20-15-6-3-13(4-7-15)12-28-18-8-5-14(10-16(18)21)11-23-24-19-17(25(26)27)2-1-9-22-19/h1-11H,12H2,(H,22,24)/b23-11-. The van der Waals surface area contributed by atoms with Crippen molar-refractivity contribution in [2.24, 2.45) is 5.10 Å². The first-order valence-corrected chi connectivity index (χ1v) is 10.2. The number of benzene rings is 2. The van der Waals surface area contributed by atoms with Crippen molar-refractivity contribution in [3.05, 3.63) is 89.2 Å². The van der Waals surface area contributed by atoms with Crippen LogP contribution in [-0.2, 0) is 6.61 Å². The van der Waals surface area contributed by atoms with Gasteiger partial charge in [0.05, 0.1) is 14.7 Å². The minimum Gasteiger partial charge on any atom is -0.488 e. The molecule has 2 aromatic carbocycles. The molecule has 0 saturated heterocycles. The summed E-state index contributed by atoms with van der Waals surface area (Å²) in [6.07, 6.45) is 3.04. The van der Waals surface area contributed by atoms with Crippen LogP contribution in [0.1, 0.15) is 11.1 Å². The van der Waals surface area contributed by atoms with Crippen LogP contribution in [0.2, 0.25) is 0 Å². The van der Waals surface area contributed by atoms with Crippen LogP contribution in [0.25, 0.3) is 0 Å². The molecule has 3 rings (SSSR count). The average Bonchev–Trinajstić information content (AvgIpc) is 2.69. The smallest absolute Gasteiger partial charge is 0.313 e. The Bertz CT molecular complexity index is 1010. The summed E-state index contributed by atoms with van der Waals surface area (Å²) in [4.78, 5) is 14.4. The average molecular weight is 600 g/mol. The van der Waals surface area contributed by atoms with E-state index < -0.39 is 4.92 Å². The summed E-state index contributed by atoms with van der Waals surface area (Å²) in [6.45, 7) is 0.491. The number of aromatic nitrogens is 1. The first-order valence-electron chi connectivity index (χ1n) is 8.08. The van der Waals surface area contributed by atoms with Crippen LogP contribution in [0.3, 0.4) is 0 Å². The topological polar surface area (TPSA) is 89.7 Å². The molecular formula is C19H14I2N4O3. The molecule has 0 amide bonds. The minimum atomic E-state index is -0.506. The van der Waals surface area contributed by atoms with Crippen LogP contribution in [0.5, 0.6) is 5.75 Å². The Morgan fingerprint density at radius 3 is 2.68 bits per heavy atom. The van der Waals surface area contributed by atoms with Gasteiger partial charge in [0, 0.05) is 15.8 Å². The van der Waals surface area contributed by atoms with E-state index in [4.69, 9.17) is 4.74 Å². The van der Waals surface area contributed by atoms with Crippen molar-refractivity contribution in [3.8, 4) is 5.75 Å². The molecule has 7 nitrogen and oxygen atoms in total. The number of nitrogens with zero attached hydrogens (tertiary/aromatic N) is 3. The lowest BCUT2D eigenvalue weighted by atomic mass is 10.2. The molecule has 0 bridgehead atoms. The number of hydrogen-bond donors (Lipinski definition) is 1. The first kappa shape index (κ1) is 20.5. The van der Waals surface area contributed by atoms with Gasteiger partial charge in [-0.25, -0.2) is 4.98 Å². The third kappa shape index (κ3) is 5.61. The van der Waals surface area contributed by atoms with Crippen LogP contribution >= 0.6 is 45.2 Å². The second-order valence-corrected chi connectivity index (χ2v) is 8.01. The minimum absolute atomic E-state index is 0.0934. The number of pyridine rings is 1. The highest BCUT2D eigenvalue weighted by Gasteiger charge is 2.12. The Kier molecular flexibility index (Phi) is 7.14. The van der Waals surface area contributed by atoms with Crippen molar-refractivity contribution < 1.29 is 9.66 Å². The summed E-state index contributed by atoms with van der Waals surface area (Å²) < 4.78 is 8.00. The van der Waals surface area contributed by atoms with Gasteiger partial charge in [-0.15, -0.1) is 0 Å². The molecule has 0 aliphatic rings. The largest absolute Gasteiger partial charge is 0.488 e. The van der Waals surface area contributed by atoms with Gasteiger partial charge < -0.3 is 4.74 Å². The van der Waals surface area contributed by atoms with Gasteiger partial charge >= 0.3 is 5.69 Å². The summed E-state index contributed by atoms with van der Waals surface area (Å²) in [5, 5.41) is 15.0. The number of halogens is 2. The lowest BCUT2D eigenvalue weighted by Crippen LogP contribution is -2.00. The molecular weight excluding hydrogens is 586 g/mol. The fraction of sp³-hybridized carbons (Fsp3) is 0.0526. The van der Waals surface area contributed by atoms with E-state index in [1.165, 1.54) is 21.9 Å². The number of hydrogen-bond acceptors (Lipinski definition) is 6. The van der Waals surface area contributed by atoms with E-state index in [9.17, 15) is 10.1 Å². The third-order valence-electron chi connectivity index (χ3n) is 3.63. The first-order chi connectivity index (χ1) is 13.5. The maximum atomic E-state index is 11.0. The maximum absolute atomic E-state index is 11.0. The lowest BCUT2D eigenvalue weighted by molar-refractivity contribution is -0.384. The Morgan fingerprint density at radius 2 is 1.96 bits per heavy atom. The summed E-state index contributed by atoms with van der Waals surface area (Å²) >= 11 is 4.47. The van der Waals surface area contributed by atoms with Gasteiger partial charge in [-0.3, -0.25) is 15.5 Å². The maximum Gasteiger partial charge on any atom is 0.313 e. The van der Waals surface area contributed by atoms with Gasteiger partial charge in [0.15, 0.2) is 0 Å². The Balaban J connectivity index is 1.63. The molecule has 0 aliphatic heterocycles. The molecule has 0 radical (unpaired) electrons. The predicted octanol–water partition coefficient (Wildman–Crippen LogP) is 5.22. The number of nitro groups is 1. The number of hydrazone groups is 1. The van der Waals surface area contributed by atoms with Gasteiger partial charge in [-0.1, -0.05) is 12.1 Å². The Morgan fingerprint density at radius 1 is 1.18 bits per heavy atom. The zero-order chi connectivity index (χ0) is 19.9. The number of nitrogens with one attached hydrogen (secondary N) is 1. The molecule has 0 aliphatic carbocycles. The molecule has 0 fully saturated rings. The highest BCUT2D eigenvalue weighted by Crippen LogP contribution is 2.23. The SMILES string of the molecule is O=[N+]([O-])c1cccnc1N/N=C\c1ccc(OCc2ccc(I)cc2)c(I)c1. The van der Waals surface area contributed by atoms with Crippen LogP contribution in [0, 0.1) is 17.3 Å². The normalized spacial score (nSPS) is 10.8. The molecule has 0 spiro atoms. The Hall–Kier alpha value is -2.28. The van der Waals surface area contributed by atoms with Crippen molar-refractivity contribution in [2.75, 3.05) is 5.43 Å². The predicted molar refractivity (Wildman–Crippen MR) is 125 cm³/mol. The highest BCUT2D eigenvalue weighted by atomic mass is 127. The fourth-order valence-corrected chi connectivity index (χ4v) is 3.31. The van der Waals surface area contributed by atoms with Gasteiger partial charge in [0.2, 0.25) is 5.82 Å². The lowest BCUT2D eigenvalue weighted by Gasteiger charge is -2.09. The molecule has 0 atom stereocenters. The van der Waals surface area contributed by atoms with Gasteiger partial charge in [-0.05, 0) is 92.7 Å². The van der Waals surface area contributed by atoms with Crippen LogP contribution < -0.4 is 10.2 Å². The summed E-state index contributed by atoms with van der Waals surface area (Å²) in [7, 11) is 0. The number of anilines is 1. The monoisotopic (exact) mass is 600 g/mol. The molecule has 142 valence electrons. The van der Waals surface area contributed by atoms with E-state index in [1.807, 2.05) is 42.5 Å². The van der Waals surface area contributed by atoms with E-state index in [1.54, 1.807) is 6.21 Å². The van der Waals surface area contributed by atoms with Crippen LogP contribution in [0.4, 0.5) is 11.5 Å². The van der Waals surface area contributed by atoms with Crippen LogP contribution in [-0.4, -0.2) is 16.1 Å². The zero-order valence-corrected chi connectivity index (χ0v) is 18.7. The zero-order valence-electron chi connectivity index (χ0n) is 14.4. The molecule has 1 aromatic heterocycles. The van der Waals surface area contributed by atoms with E-state index >= 15 is 0 Å². The molecule has 9 heteroatoms. The molecule has 1 heterocycles. The van der Waals surface area contributed by atoms with Crippen molar-refractivity contribution >= 4 is 62.9 Å². The van der Waals surface area contributed by atoms with Gasteiger partial charge in [0.25, 0.3) is 0 Å². The third-order valence-corrected chi connectivity index (χ3v) is 5.19. The quantitative estimate of drug-likeness (QED) is 0.174. The molecule has 0 unspecified atom stereocenters. The second kappa shape index (κ2) is 9.78. The van der Waals surface area contributed by atoms with E-state index in [2.05, 4.69) is 60.7 Å². The van der Waals surface area contributed by atoms with Crippen molar-refractivity contribution in [2.45, 2.75) is 6.61 Å². The van der Waals surface area contributed by atoms with E-state index in [-0.39, 0.29) is 11.5 Å². The number of ether oxygens (including phenoxy) is 1. The number of rotatable bonds is 7. The van der Waals surface area contributed by atoms with Crippen molar-refractivity contribution in [1.82, 2.24) is 4.98 Å². The van der Waals surface area contributed by atoms with Crippen molar-refractivity contribution in [1.29, 1.82) is 0 Å². The highest BCUT2D eigenvalue weighted by molar-refractivity contribution is 14.1. The second-order valence-electron chi connectivity index (χ2n) is 5.60. The van der Waals surface area contributed by atoms with Crippen molar-refractivity contribution in [3.63, 3.8) is 0 Å². The fourth-order valence-electron chi connectivity index (χ4n) is 2.25.